The zero-order valence-corrected chi connectivity index (χ0v) is 11.6. The van der Waals surface area contributed by atoms with E-state index in [1.54, 1.807) is 0 Å². The molecule has 2 unspecified atom stereocenters. The largest absolute Gasteiger partial charge is 0.640 e. The van der Waals surface area contributed by atoms with Gasteiger partial charge in [-0.1, -0.05) is 6.92 Å². The Balaban J connectivity index is 2.59. The lowest BCUT2D eigenvalue weighted by atomic mass is 10.1. The van der Waals surface area contributed by atoms with Crippen LogP contribution >= 0.6 is 7.60 Å². The van der Waals surface area contributed by atoms with Crippen LogP contribution in [0.25, 0.3) is 0 Å². The highest BCUT2D eigenvalue weighted by molar-refractivity contribution is 7.54. The Morgan fingerprint density at radius 3 is 2.59 bits per heavy atom. The Labute approximate surface area is 103 Å². The van der Waals surface area contributed by atoms with Gasteiger partial charge in [0.2, 0.25) is 0 Å². The molecule has 0 radical (unpaired) electrons. The van der Waals surface area contributed by atoms with E-state index in [4.69, 9.17) is 23.0 Å². The molecular weight excluding hydrogens is 246 g/mol. The summed E-state index contributed by atoms with van der Waals surface area (Å²) in [6.45, 7) is 4.33. The highest BCUT2D eigenvalue weighted by Crippen LogP contribution is 2.53. The van der Waals surface area contributed by atoms with E-state index in [2.05, 4.69) is 0 Å². The van der Waals surface area contributed by atoms with Gasteiger partial charge in [-0.3, -0.25) is 4.57 Å². The number of rotatable bonds is 6. The Kier molecular flexibility index (Phi) is 6.13. The van der Waals surface area contributed by atoms with Crippen LogP contribution in [0.2, 0.25) is 0 Å². The zero-order chi connectivity index (χ0) is 12.9. The highest BCUT2D eigenvalue weighted by Gasteiger charge is 2.40. The molecule has 100 valence electrons. The van der Waals surface area contributed by atoms with Gasteiger partial charge in [0, 0.05) is 26.9 Å². The van der Waals surface area contributed by atoms with Crippen LogP contribution in [-0.2, 0) is 27.6 Å². The van der Waals surface area contributed by atoms with Gasteiger partial charge in [-0.2, -0.15) is 0 Å². The van der Waals surface area contributed by atoms with E-state index in [0.29, 0.717) is 13.0 Å². The van der Waals surface area contributed by atoms with E-state index < -0.39 is 20.8 Å². The predicted octanol–water partition coefficient (Wildman–Crippen LogP) is 2.04. The molecular formula is C9H20BO6P. The fourth-order valence-electron chi connectivity index (χ4n) is 1.53. The van der Waals surface area contributed by atoms with E-state index in [0.717, 1.165) is 6.42 Å². The summed E-state index contributed by atoms with van der Waals surface area (Å²) in [5, 5.41) is 0. The van der Waals surface area contributed by atoms with E-state index >= 15 is 0 Å². The van der Waals surface area contributed by atoms with Crippen molar-refractivity contribution in [1.29, 1.82) is 0 Å². The van der Waals surface area contributed by atoms with Gasteiger partial charge in [-0.25, -0.2) is 0 Å². The lowest BCUT2D eigenvalue weighted by Gasteiger charge is -2.29. The Hall–Kier alpha value is 0.0949. The molecule has 0 N–H and O–H groups in total. The Bertz CT molecular complexity index is 268. The molecule has 6 nitrogen and oxygen atoms in total. The standard InChI is InChI=1S/C9H20BO6P/c1-5-9(17(11,12-3)13-4)16-10-14-7-6-8(2)15-10/h8-9H,5-7H2,1-4H3. The molecule has 1 rings (SSSR count). The molecule has 1 aliphatic rings. The third-order valence-corrected chi connectivity index (χ3v) is 4.81. The molecule has 2 atom stereocenters. The normalized spacial score (nSPS) is 23.8. The van der Waals surface area contributed by atoms with Crippen molar-refractivity contribution in [1.82, 2.24) is 0 Å². The van der Waals surface area contributed by atoms with Crippen LogP contribution < -0.4 is 0 Å². The van der Waals surface area contributed by atoms with Crippen LogP contribution in [0.1, 0.15) is 26.7 Å². The summed E-state index contributed by atoms with van der Waals surface area (Å²) >= 11 is 0. The van der Waals surface area contributed by atoms with Gasteiger partial charge in [0.05, 0.1) is 0 Å². The maximum Gasteiger partial charge on any atom is 0.640 e. The average molecular weight is 266 g/mol. The molecule has 0 aromatic rings. The molecule has 0 saturated carbocycles. The topological polar surface area (TPSA) is 63.2 Å². The van der Waals surface area contributed by atoms with Gasteiger partial charge in [0.1, 0.15) is 5.85 Å². The maximum absolute atomic E-state index is 12.2. The molecule has 0 bridgehead atoms. The first-order valence-electron chi connectivity index (χ1n) is 5.69. The molecule has 0 spiro atoms. The second kappa shape index (κ2) is 6.88. The predicted molar refractivity (Wildman–Crippen MR) is 63.7 cm³/mol. The van der Waals surface area contributed by atoms with E-state index in [1.165, 1.54) is 14.2 Å². The average Bonchev–Trinajstić information content (AvgIpc) is 2.35. The monoisotopic (exact) mass is 266 g/mol. The van der Waals surface area contributed by atoms with Crippen LogP contribution in [0.3, 0.4) is 0 Å². The van der Waals surface area contributed by atoms with Crippen molar-refractivity contribution < 1.29 is 27.6 Å². The van der Waals surface area contributed by atoms with Crippen molar-refractivity contribution in [2.24, 2.45) is 0 Å². The van der Waals surface area contributed by atoms with E-state index in [1.807, 2.05) is 13.8 Å². The molecule has 0 amide bonds. The molecule has 1 aliphatic heterocycles. The van der Waals surface area contributed by atoms with Crippen molar-refractivity contribution in [3.63, 3.8) is 0 Å². The molecule has 1 fully saturated rings. The second-order valence-corrected chi connectivity index (χ2v) is 6.18. The minimum absolute atomic E-state index is 0.0655. The van der Waals surface area contributed by atoms with Crippen LogP contribution in [0.15, 0.2) is 0 Å². The van der Waals surface area contributed by atoms with Crippen LogP contribution in [-0.4, -0.2) is 40.1 Å². The van der Waals surface area contributed by atoms with Gasteiger partial charge in [-0.15, -0.1) is 0 Å². The molecule has 8 heteroatoms. The fraction of sp³-hybridized carbons (Fsp3) is 1.00. The van der Waals surface area contributed by atoms with Crippen molar-refractivity contribution in [2.75, 3.05) is 20.8 Å². The highest BCUT2D eigenvalue weighted by atomic mass is 31.2. The maximum atomic E-state index is 12.2. The van der Waals surface area contributed by atoms with E-state index in [-0.39, 0.29) is 6.10 Å². The smallest absolute Gasteiger partial charge is 0.386 e. The van der Waals surface area contributed by atoms with Gasteiger partial charge in [0.25, 0.3) is 0 Å². The lowest BCUT2D eigenvalue weighted by Crippen LogP contribution is -2.39. The fourth-order valence-corrected chi connectivity index (χ4v) is 2.85. The van der Waals surface area contributed by atoms with Crippen LogP contribution in [0, 0.1) is 0 Å². The van der Waals surface area contributed by atoms with Crippen molar-refractivity contribution in [3.05, 3.63) is 0 Å². The summed E-state index contributed by atoms with van der Waals surface area (Å²) in [6, 6.07) is 0. The van der Waals surface area contributed by atoms with Crippen LogP contribution in [0.4, 0.5) is 0 Å². The number of hydrogen-bond donors (Lipinski definition) is 0. The second-order valence-electron chi connectivity index (χ2n) is 3.80. The van der Waals surface area contributed by atoms with Gasteiger partial charge in [0.15, 0.2) is 0 Å². The minimum Gasteiger partial charge on any atom is -0.386 e. The molecule has 17 heavy (non-hydrogen) atoms. The van der Waals surface area contributed by atoms with Gasteiger partial charge >= 0.3 is 14.9 Å². The summed E-state index contributed by atoms with van der Waals surface area (Å²) in [5.41, 5.74) is 0. The Morgan fingerprint density at radius 2 is 2.12 bits per heavy atom. The summed E-state index contributed by atoms with van der Waals surface area (Å²) in [6.07, 6.45) is 1.37. The first-order valence-corrected chi connectivity index (χ1v) is 7.30. The van der Waals surface area contributed by atoms with Gasteiger partial charge < -0.3 is 23.0 Å². The third-order valence-electron chi connectivity index (χ3n) is 2.60. The third kappa shape index (κ3) is 4.05. The zero-order valence-electron chi connectivity index (χ0n) is 10.8. The van der Waals surface area contributed by atoms with Gasteiger partial charge in [-0.05, 0) is 19.8 Å². The first kappa shape index (κ1) is 15.2. The quantitative estimate of drug-likeness (QED) is 0.541. The van der Waals surface area contributed by atoms with E-state index in [9.17, 15) is 4.57 Å². The summed E-state index contributed by atoms with van der Waals surface area (Å²) in [7, 11) is -1.39. The van der Waals surface area contributed by atoms with Crippen molar-refractivity contribution in [2.45, 2.75) is 38.6 Å². The van der Waals surface area contributed by atoms with Crippen molar-refractivity contribution in [3.8, 4) is 0 Å². The molecule has 0 aromatic carbocycles. The minimum atomic E-state index is -3.26. The summed E-state index contributed by atoms with van der Waals surface area (Å²) < 4.78 is 38.2. The first-order chi connectivity index (χ1) is 8.05. The number of hydrogen-bond acceptors (Lipinski definition) is 6. The SMILES string of the molecule is CCC(OB1OCCC(C)O1)P(=O)(OC)OC. The van der Waals surface area contributed by atoms with Crippen LogP contribution in [0.5, 0.6) is 0 Å². The molecule has 1 heterocycles. The lowest BCUT2D eigenvalue weighted by molar-refractivity contribution is 0.00322. The Morgan fingerprint density at radius 1 is 1.47 bits per heavy atom. The molecule has 0 aliphatic carbocycles. The summed E-state index contributed by atoms with van der Waals surface area (Å²) in [5.74, 6) is -0.687. The summed E-state index contributed by atoms with van der Waals surface area (Å²) in [4.78, 5) is 0. The molecule has 1 saturated heterocycles. The molecule has 0 aromatic heterocycles. The van der Waals surface area contributed by atoms with Crippen molar-refractivity contribution >= 4 is 14.9 Å².